The Bertz CT molecular complexity index is 367. The Balaban J connectivity index is 2.08. The van der Waals surface area contributed by atoms with Crippen molar-refractivity contribution in [2.45, 2.75) is 12.1 Å². The summed E-state index contributed by atoms with van der Waals surface area (Å²) < 4.78 is 22.6. The van der Waals surface area contributed by atoms with Gasteiger partial charge < -0.3 is 10.4 Å². The van der Waals surface area contributed by atoms with Crippen molar-refractivity contribution in [3.8, 4) is 0 Å². The standard InChI is InChI=1S/C8H14N2O4S/c11-7-5-15(13,14)4-6(7)10-2-1-9-8(12)3-10/h6-7,11H,1-5H2,(H,9,12)/t6-,7-/m1/s1. The van der Waals surface area contributed by atoms with Gasteiger partial charge in [0.25, 0.3) is 0 Å². The third kappa shape index (κ3) is 2.30. The summed E-state index contributed by atoms with van der Waals surface area (Å²) in [6.45, 7) is 1.29. The van der Waals surface area contributed by atoms with E-state index in [1.807, 2.05) is 0 Å². The predicted molar refractivity (Wildman–Crippen MR) is 53.0 cm³/mol. The van der Waals surface area contributed by atoms with Gasteiger partial charge in [-0.2, -0.15) is 0 Å². The molecule has 2 heterocycles. The first-order valence-electron chi connectivity index (χ1n) is 4.87. The second-order valence-electron chi connectivity index (χ2n) is 4.03. The van der Waals surface area contributed by atoms with E-state index in [0.717, 1.165) is 0 Å². The lowest BCUT2D eigenvalue weighted by molar-refractivity contribution is -0.125. The zero-order valence-corrected chi connectivity index (χ0v) is 9.03. The fourth-order valence-corrected chi connectivity index (χ4v) is 3.93. The van der Waals surface area contributed by atoms with Crippen LogP contribution in [0.15, 0.2) is 0 Å². The quantitative estimate of drug-likeness (QED) is 0.527. The van der Waals surface area contributed by atoms with Gasteiger partial charge in [-0.25, -0.2) is 8.42 Å². The van der Waals surface area contributed by atoms with Crippen molar-refractivity contribution in [3.05, 3.63) is 0 Å². The molecule has 0 bridgehead atoms. The number of sulfone groups is 1. The minimum absolute atomic E-state index is 0.0402. The summed E-state index contributed by atoms with van der Waals surface area (Å²) in [6, 6.07) is -0.416. The van der Waals surface area contributed by atoms with Crippen LogP contribution in [0.25, 0.3) is 0 Å². The molecule has 2 fully saturated rings. The molecule has 2 rings (SSSR count). The average Bonchev–Trinajstić information content (AvgIpc) is 2.40. The van der Waals surface area contributed by atoms with Gasteiger partial charge in [0.05, 0.1) is 30.2 Å². The molecule has 2 aliphatic rings. The van der Waals surface area contributed by atoms with Gasteiger partial charge >= 0.3 is 0 Å². The molecule has 0 aromatic carbocycles. The van der Waals surface area contributed by atoms with Gasteiger partial charge in [0.15, 0.2) is 9.84 Å². The molecule has 0 aromatic heterocycles. The lowest BCUT2D eigenvalue weighted by Crippen LogP contribution is -2.54. The van der Waals surface area contributed by atoms with Crippen LogP contribution in [0.3, 0.4) is 0 Å². The Morgan fingerprint density at radius 3 is 2.67 bits per heavy atom. The SMILES string of the molecule is O=C1CN([C@@H]2CS(=O)(=O)C[C@H]2O)CCN1. The van der Waals surface area contributed by atoms with E-state index in [-0.39, 0.29) is 24.0 Å². The van der Waals surface area contributed by atoms with Crippen LogP contribution in [0.4, 0.5) is 0 Å². The van der Waals surface area contributed by atoms with Gasteiger partial charge in [0.2, 0.25) is 5.91 Å². The highest BCUT2D eigenvalue weighted by atomic mass is 32.2. The first-order chi connectivity index (χ1) is 6.98. The summed E-state index contributed by atoms with van der Waals surface area (Å²) in [5.74, 6) is -0.338. The van der Waals surface area contributed by atoms with E-state index < -0.39 is 22.0 Å². The summed E-state index contributed by atoms with van der Waals surface area (Å²) >= 11 is 0. The third-order valence-corrected chi connectivity index (χ3v) is 4.53. The van der Waals surface area contributed by atoms with E-state index in [1.54, 1.807) is 4.90 Å². The van der Waals surface area contributed by atoms with E-state index in [2.05, 4.69) is 5.32 Å². The first kappa shape index (κ1) is 10.8. The van der Waals surface area contributed by atoms with Gasteiger partial charge in [0, 0.05) is 13.1 Å². The van der Waals surface area contributed by atoms with Crippen molar-refractivity contribution in [3.63, 3.8) is 0 Å². The van der Waals surface area contributed by atoms with Crippen LogP contribution in [0.5, 0.6) is 0 Å². The van der Waals surface area contributed by atoms with E-state index in [0.29, 0.717) is 13.1 Å². The predicted octanol–water partition coefficient (Wildman–Crippen LogP) is -2.42. The number of aliphatic hydroxyl groups is 1. The van der Waals surface area contributed by atoms with Crippen molar-refractivity contribution in [2.24, 2.45) is 0 Å². The highest BCUT2D eigenvalue weighted by Gasteiger charge is 2.40. The number of hydrogen-bond donors (Lipinski definition) is 2. The minimum Gasteiger partial charge on any atom is -0.390 e. The number of aliphatic hydroxyl groups excluding tert-OH is 1. The number of carbonyl (C=O) groups is 1. The average molecular weight is 234 g/mol. The molecular formula is C8H14N2O4S. The van der Waals surface area contributed by atoms with Crippen molar-refractivity contribution in [1.82, 2.24) is 10.2 Å². The first-order valence-corrected chi connectivity index (χ1v) is 6.69. The zero-order valence-electron chi connectivity index (χ0n) is 8.22. The molecule has 0 aromatic rings. The molecule has 0 saturated carbocycles. The molecule has 15 heavy (non-hydrogen) atoms. The molecule has 86 valence electrons. The lowest BCUT2D eigenvalue weighted by Gasteiger charge is -2.32. The summed E-state index contributed by atoms with van der Waals surface area (Å²) in [7, 11) is -3.13. The molecule has 2 atom stereocenters. The van der Waals surface area contributed by atoms with Crippen molar-refractivity contribution < 1.29 is 18.3 Å². The molecule has 7 heteroatoms. The van der Waals surface area contributed by atoms with Crippen LogP contribution < -0.4 is 5.32 Å². The number of rotatable bonds is 1. The lowest BCUT2D eigenvalue weighted by atomic mass is 10.1. The van der Waals surface area contributed by atoms with Gasteiger partial charge in [0.1, 0.15) is 0 Å². The van der Waals surface area contributed by atoms with Gasteiger partial charge in [-0.3, -0.25) is 9.69 Å². The van der Waals surface area contributed by atoms with Crippen LogP contribution >= 0.6 is 0 Å². The molecular weight excluding hydrogens is 220 g/mol. The van der Waals surface area contributed by atoms with Gasteiger partial charge in [-0.1, -0.05) is 0 Å². The third-order valence-electron chi connectivity index (χ3n) is 2.83. The monoisotopic (exact) mass is 234 g/mol. The van der Waals surface area contributed by atoms with E-state index in [4.69, 9.17) is 0 Å². The Morgan fingerprint density at radius 2 is 2.13 bits per heavy atom. The van der Waals surface area contributed by atoms with Crippen LogP contribution in [0, 0.1) is 0 Å². The number of hydrogen-bond acceptors (Lipinski definition) is 5. The molecule has 6 nitrogen and oxygen atoms in total. The highest BCUT2D eigenvalue weighted by Crippen LogP contribution is 2.18. The maximum Gasteiger partial charge on any atom is 0.234 e. The Morgan fingerprint density at radius 1 is 1.40 bits per heavy atom. The number of piperazine rings is 1. The van der Waals surface area contributed by atoms with Crippen molar-refractivity contribution in [1.29, 1.82) is 0 Å². The van der Waals surface area contributed by atoms with Crippen molar-refractivity contribution in [2.75, 3.05) is 31.1 Å². The maximum atomic E-state index is 11.3. The summed E-state index contributed by atoms with van der Waals surface area (Å²) in [5, 5.41) is 12.3. The van der Waals surface area contributed by atoms with E-state index in [9.17, 15) is 18.3 Å². The largest absolute Gasteiger partial charge is 0.390 e. The van der Waals surface area contributed by atoms with Gasteiger partial charge in [-0.15, -0.1) is 0 Å². The van der Waals surface area contributed by atoms with Crippen LogP contribution in [0.2, 0.25) is 0 Å². The summed E-state index contributed by atoms with van der Waals surface area (Å²) in [6.07, 6.45) is -0.860. The number of amides is 1. The number of nitrogens with one attached hydrogen (secondary N) is 1. The minimum atomic E-state index is -3.13. The molecule has 1 amide bonds. The molecule has 2 saturated heterocycles. The summed E-state index contributed by atoms with van der Waals surface area (Å²) in [4.78, 5) is 12.9. The Labute approximate surface area is 88.2 Å². The van der Waals surface area contributed by atoms with E-state index in [1.165, 1.54) is 0 Å². The second-order valence-corrected chi connectivity index (χ2v) is 6.19. The molecule has 0 aliphatic carbocycles. The molecule has 0 spiro atoms. The smallest absolute Gasteiger partial charge is 0.234 e. The molecule has 0 unspecified atom stereocenters. The topological polar surface area (TPSA) is 86.7 Å². The Kier molecular flexibility index (Phi) is 2.70. The number of nitrogens with zero attached hydrogens (tertiary/aromatic N) is 1. The van der Waals surface area contributed by atoms with Crippen LogP contribution in [-0.4, -0.2) is 67.6 Å². The molecule has 2 aliphatic heterocycles. The Hall–Kier alpha value is -0.660. The molecule has 2 N–H and O–H groups in total. The van der Waals surface area contributed by atoms with Crippen molar-refractivity contribution >= 4 is 15.7 Å². The highest BCUT2D eigenvalue weighted by molar-refractivity contribution is 7.91. The summed E-state index contributed by atoms with van der Waals surface area (Å²) in [5.41, 5.74) is 0. The molecule has 0 radical (unpaired) electrons. The zero-order chi connectivity index (χ0) is 11.1. The normalized spacial score (nSPS) is 36.5. The van der Waals surface area contributed by atoms with E-state index >= 15 is 0 Å². The van der Waals surface area contributed by atoms with Crippen LogP contribution in [-0.2, 0) is 14.6 Å². The second kappa shape index (κ2) is 3.73. The van der Waals surface area contributed by atoms with Gasteiger partial charge in [-0.05, 0) is 0 Å². The fraction of sp³-hybridized carbons (Fsp3) is 0.875. The number of carbonyl (C=O) groups excluding carboxylic acids is 1. The van der Waals surface area contributed by atoms with Crippen LogP contribution in [0.1, 0.15) is 0 Å². The maximum absolute atomic E-state index is 11.3. The fourth-order valence-electron chi connectivity index (χ4n) is 2.10.